The molecule has 0 aliphatic carbocycles. The molecule has 0 amide bonds. The minimum atomic E-state index is -0.175. The van der Waals surface area contributed by atoms with E-state index in [1.165, 1.54) is 6.20 Å². The van der Waals surface area contributed by atoms with E-state index in [1.54, 1.807) is 30.5 Å². The molecule has 116 valence electrons. The number of benzene rings is 1. The van der Waals surface area contributed by atoms with Gasteiger partial charge >= 0.3 is 0 Å². The molecule has 1 aromatic carbocycles. The highest BCUT2D eigenvalue weighted by Crippen LogP contribution is 2.26. The van der Waals surface area contributed by atoms with Crippen molar-refractivity contribution >= 4 is 28.9 Å². The summed E-state index contributed by atoms with van der Waals surface area (Å²) >= 11 is 11.7. The Balaban J connectivity index is 2.28. The Hall–Kier alpha value is -1.79. The fraction of sp³-hybridized carbons (Fsp3) is 0.133. The highest BCUT2D eigenvalue weighted by atomic mass is 35.5. The molecule has 22 heavy (non-hydrogen) atoms. The topological polar surface area (TPSA) is 68.6 Å². The summed E-state index contributed by atoms with van der Waals surface area (Å²) in [4.78, 5) is 4.03. The molecule has 5 nitrogen and oxygen atoms in total. The lowest BCUT2D eigenvalue weighted by Crippen LogP contribution is -2.14. The summed E-state index contributed by atoms with van der Waals surface area (Å²) in [5, 5.41) is 22.3. The fourth-order valence-electron chi connectivity index (χ4n) is 1.93. The van der Waals surface area contributed by atoms with Gasteiger partial charge in [0.2, 0.25) is 0 Å². The van der Waals surface area contributed by atoms with Crippen molar-refractivity contribution in [3.8, 4) is 0 Å². The van der Waals surface area contributed by atoms with Crippen LogP contribution in [-0.4, -0.2) is 20.6 Å². The number of hydrogen-bond donors (Lipinski definition) is 3. The van der Waals surface area contributed by atoms with Crippen molar-refractivity contribution in [2.24, 2.45) is 0 Å². The molecule has 1 atom stereocenters. The van der Waals surface area contributed by atoms with Crippen LogP contribution in [0.5, 0.6) is 0 Å². The Bertz CT molecular complexity index is 660. The molecule has 0 radical (unpaired) electrons. The van der Waals surface area contributed by atoms with Crippen LogP contribution >= 0.6 is 23.2 Å². The summed E-state index contributed by atoms with van der Waals surface area (Å²) < 4.78 is 0. The third-order valence-electron chi connectivity index (χ3n) is 3.08. The zero-order valence-electron chi connectivity index (χ0n) is 11.7. The second-order valence-electron chi connectivity index (χ2n) is 4.68. The summed E-state index contributed by atoms with van der Waals surface area (Å²) in [6.45, 7) is 1.90. The average molecular weight is 340 g/mol. The van der Waals surface area contributed by atoms with Crippen LogP contribution in [0.15, 0.2) is 54.5 Å². The maximum atomic E-state index is 9.10. The second kappa shape index (κ2) is 7.47. The van der Waals surface area contributed by atoms with E-state index < -0.39 is 0 Å². The highest BCUT2D eigenvalue weighted by Gasteiger charge is 2.14. The number of nitrogens with one attached hydrogen (secondary N) is 1. The maximum absolute atomic E-state index is 9.10. The largest absolute Gasteiger partial charge is 0.357 e. The van der Waals surface area contributed by atoms with Gasteiger partial charge in [-0.3, -0.25) is 10.4 Å². The van der Waals surface area contributed by atoms with Gasteiger partial charge in [0, 0.05) is 28.5 Å². The minimum Gasteiger partial charge on any atom is -0.357 e. The number of halogens is 2. The van der Waals surface area contributed by atoms with Gasteiger partial charge in [-0.15, -0.1) is 5.23 Å². The van der Waals surface area contributed by atoms with Crippen LogP contribution in [0.4, 0.5) is 5.69 Å². The molecule has 2 aromatic rings. The molecular formula is C15H15Cl2N3O2. The van der Waals surface area contributed by atoms with E-state index in [2.05, 4.69) is 10.3 Å². The molecule has 0 aliphatic heterocycles. The van der Waals surface area contributed by atoms with E-state index in [9.17, 15) is 0 Å². The lowest BCUT2D eigenvalue weighted by molar-refractivity contribution is -0.268. The quantitative estimate of drug-likeness (QED) is 0.551. The van der Waals surface area contributed by atoms with Crippen LogP contribution in [0, 0.1) is 0 Å². The highest BCUT2D eigenvalue weighted by molar-refractivity contribution is 6.30. The summed E-state index contributed by atoms with van der Waals surface area (Å²) in [7, 11) is 0. The Morgan fingerprint density at radius 2 is 2.05 bits per heavy atom. The molecule has 0 bridgehead atoms. The number of pyridine rings is 1. The monoisotopic (exact) mass is 339 g/mol. The minimum absolute atomic E-state index is 0.00667. The Labute approximate surface area is 138 Å². The molecule has 7 heteroatoms. The van der Waals surface area contributed by atoms with Gasteiger partial charge in [0.05, 0.1) is 6.20 Å². The Kier molecular flexibility index (Phi) is 5.63. The zero-order chi connectivity index (χ0) is 16.1. The molecule has 0 saturated carbocycles. The predicted octanol–water partition coefficient (Wildman–Crippen LogP) is 4.53. The van der Waals surface area contributed by atoms with Gasteiger partial charge in [0.1, 0.15) is 5.15 Å². The van der Waals surface area contributed by atoms with Gasteiger partial charge in [0.25, 0.3) is 0 Å². The lowest BCUT2D eigenvalue weighted by Gasteiger charge is -2.19. The Morgan fingerprint density at radius 1 is 1.27 bits per heavy atom. The SMILES string of the molecule is CC(/C(=C/N(O)O)Nc1cccc(Cl)c1)c1ccc(Cl)nc1. The first-order valence-electron chi connectivity index (χ1n) is 6.48. The molecule has 3 N–H and O–H groups in total. The van der Waals surface area contributed by atoms with E-state index in [4.69, 9.17) is 33.6 Å². The molecule has 2 rings (SSSR count). The summed E-state index contributed by atoms with van der Waals surface area (Å²) in [5.41, 5.74) is 2.15. The zero-order valence-corrected chi connectivity index (χ0v) is 13.3. The molecule has 0 fully saturated rings. The van der Waals surface area contributed by atoms with E-state index >= 15 is 0 Å². The molecule has 1 unspecified atom stereocenters. The number of nitrogens with zero attached hydrogens (tertiary/aromatic N) is 2. The van der Waals surface area contributed by atoms with Crippen molar-refractivity contribution in [2.45, 2.75) is 12.8 Å². The van der Waals surface area contributed by atoms with E-state index in [0.29, 0.717) is 15.9 Å². The van der Waals surface area contributed by atoms with Gasteiger partial charge in [0.15, 0.2) is 0 Å². The van der Waals surface area contributed by atoms with Crippen LogP contribution < -0.4 is 5.32 Å². The van der Waals surface area contributed by atoms with E-state index in [-0.39, 0.29) is 11.1 Å². The Morgan fingerprint density at radius 3 is 2.64 bits per heavy atom. The van der Waals surface area contributed by atoms with Crippen molar-refractivity contribution in [1.29, 1.82) is 0 Å². The third-order valence-corrected chi connectivity index (χ3v) is 3.54. The molecule has 1 aromatic heterocycles. The molecular weight excluding hydrogens is 325 g/mol. The van der Waals surface area contributed by atoms with Gasteiger partial charge in [-0.1, -0.05) is 42.3 Å². The average Bonchev–Trinajstić information content (AvgIpc) is 2.46. The van der Waals surface area contributed by atoms with E-state index in [1.807, 2.05) is 19.1 Å². The van der Waals surface area contributed by atoms with Crippen molar-refractivity contribution in [3.63, 3.8) is 0 Å². The predicted molar refractivity (Wildman–Crippen MR) is 86.2 cm³/mol. The van der Waals surface area contributed by atoms with Crippen LogP contribution in [0.2, 0.25) is 10.2 Å². The first-order chi connectivity index (χ1) is 10.5. The number of aromatic nitrogens is 1. The van der Waals surface area contributed by atoms with E-state index in [0.717, 1.165) is 11.3 Å². The molecule has 0 saturated heterocycles. The van der Waals surface area contributed by atoms with Crippen molar-refractivity contribution in [3.05, 3.63) is 70.2 Å². The van der Waals surface area contributed by atoms with Gasteiger partial charge in [-0.25, -0.2) is 4.98 Å². The van der Waals surface area contributed by atoms with Gasteiger partial charge < -0.3 is 5.32 Å². The van der Waals surface area contributed by atoms with Crippen molar-refractivity contribution < 1.29 is 10.4 Å². The van der Waals surface area contributed by atoms with Crippen LogP contribution in [0.25, 0.3) is 0 Å². The second-order valence-corrected chi connectivity index (χ2v) is 5.50. The summed E-state index contributed by atoms with van der Waals surface area (Å²) in [6, 6.07) is 10.6. The molecule has 0 aliphatic rings. The maximum Gasteiger partial charge on any atom is 0.129 e. The van der Waals surface area contributed by atoms with Crippen molar-refractivity contribution in [1.82, 2.24) is 10.2 Å². The summed E-state index contributed by atoms with van der Waals surface area (Å²) in [6.07, 6.45) is 2.81. The fourth-order valence-corrected chi connectivity index (χ4v) is 2.23. The molecule has 0 spiro atoms. The number of hydrogen-bond acceptors (Lipinski definition) is 5. The van der Waals surface area contributed by atoms with Crippen LogP contribution in [0.1, 0.15) is 18.4 Å². The van der Waals surface area contributed by atoms with Crippen LogP contribution in [-0.2, 0) is 0 Å². The first kappa shape index (κ1) is 16.6. The first-order valence-corrected chi connectivity index (χ1v) is 7.24. The lowest BCUT2D eigenvalue weighted by atomic mass is 9.99. The smallest absolute Gasteiger partial charge is 0.129 e. The number of allylic oxidation sites excluding steroid dienone is 1. The number of anilines is 1. The van der Waals surface area contributed by atoms with Gasteiger partial charge in [-0.05, 0) is 29.8 Å². The molecule has 1 heterocycles. The number of hydroxylamine groups is 2. The van der Waals surface area contributed by atoms with Crippen molar-refractivity contribution in [2.75, 3.05) is 5.32 Å². The number of rotatable bonds is 5. The van der Waals surface area contributed by atoms with Gasteiger partial charge in [-0.2, -0.15) is 0 Å². The standard InChI is InChI=1S/C15H15Cl2N3O2/c1-10(11-5-6-15(17)18-8-11)14(9-20(21)22)19-13-4-2-3-12(16)7-13/h2-10,19,21-22H,1H3/b14-9-. The third kappa shape index (κ3) is 4.61. The summed E-state index contributed by atoms with van der Waals surface area (Å²) in [5.74, 6) is -0.175. The van der Waals surface area contributed by atoms with Crippen LogP contribution in [0.3, 0.4) is 0 Å². The normalized spacial score (nSPS) is 12.9.